The highest BCUT2D eigenvalue weighted by Crippen LogP contribution is 2.52. The Kier molecular flexibility index (Phi) is 6.08. The van der Waals surface area contributed by atoms with E-state index in [2.05, 4.69) is 31.9 Å². The minimum Gasteiger partial charge on any atom is -0.370 e. The molecule has 3 unspecified atom stereocenters. The van der Waals surface area contributed by atoms with Crippen molar-refractivity contribution in [2.75, 3.05) is 44.2 Å². The number of hydrogen-bond acceptors (Lipinski definition) is 7. The second-order valence-corrected chi connectivity index (χ2v) is 10.1. The van der Waals surface area contributed by atoms with Crippen LogP contribution in [-0.2, 0) is 20.9 Å². The Morgan fingerprint density at radius 2 is 1.69 bits per heavy atom. The number of piperazine rings is 1. The fraction of sp³-hybridized carbons (Fsp3) is 0.481. The maximum absolute atomic E-state index is 13.3. The van der Waals surface area contributed by atoms with Gasteiger partial charge in [-0.05, 0) is 42.0 Å². The van der Waals surface area contributed by atoms with E-state index in [1.165, 1.54) is 4.90 Å². The van der Waals surface area contributed by atoms with E-state index in [0.717, 1.165) is 44.0 Å². The molecule has 5 atom stereocenters. The maximum atomic E-state index is 13.3. The molecule has 3 fully saturated rings. The first-order valence-corrected chi connectivity index (χ1v) is 12.6. The molecule has 6 rings (SSSR count). The van der Waals surface area contributed by atoms with Crippen LogP contribution in [0.5, 0.6) is 0 Å². The van der Waals surface area contributed by atoms with Crippen LogP contribution < -0.4 is 4.90 Å². The van der Waals surface area contributed by atoms with E-state index >= 15 is 0 Å². The normalized spacial score (nSPS) is 28.7. The molecule has 182 valence electrons. The monoisotopic (exact) mass is 473 g/mol. The van der Waals surface area contributed by atoms with Gasteiger partial charge in [-0.3, -0.25) is 24.4 Å². The SMILES string of the molecule is O=C1C2C3C=C[C@@H](C3)[C@@H]2C(=O)N1CC(CN1CCN(c2ccccn2)CC1)OCc1cccnc1. The molecule has 2 amide bonds. The van der Waals surface area contributed by atoms with Crippen molar-refractivity contribution in [3.8, 4) is 0 Å². The standard InChI is InChI=1S/C27H31N5O3/c33-26-24-20-6-7-21(14-20)25(24)27(34)32(26)17-22(35-18-19-4-3-8-28-15-19)16-30-10-12-31(13-11-30)23-5-1-2-9-29-23/h1-9,15,20-22,24-25H,10-14,16-18H2/t20-,21?,22?,24-,25?/m0/s1. The van der Waals surface area contributed by atoms with E-state index in [1.807, 2.05) is 36.5 Å². The number of rotatable bonds is 8. The van der Waals surface area contributed by atoms with Gasteiger partial charge in [0.15, 0.2) is 0 Å². The molecule has 2 bridgehead atoms. The number of aromatic nitrogens is 2. The zero-order valence-electron chi connectivity index (χ0n) is 19.8. The largest absolute Gasteiger partial charge is 0.370 e. The van der Waals surface area contributed by atoms with E-state index in [1.54, 1.807) is 12.4 Å². The molecule has 2 aliphatic carbocycles. The molecular weight excluding hydrogens is 442 g/mol. The lowest BCUT2D eigenvalue weighted by molar-refractivity contribution is -0.143. The molecule has 4 heterocycles. The second kappa shape index (κ2) is 9.51. The Bertz CT molecular complexity index is 1060. The molecule has 0 aromatic carbocycles. The zero-order valence-corrected chi connectivity index (χ0v) is 19.8. The summed E-state index contributed by atoms with van der Waals surface area (Å²) in [6.07, 6.45) is 10.3. The third kappa shape index (κ3) is 4.36. The molecule has 1 saturated carbocycles. The van der Waals surface area contributed by atoms with Gasteiger partial charge in [0, 0.05) is 51.3 Å². The van der Waals surface area contributed by atoms with Gasteiger partial charge in [0.25, 0.3) is 0 Å². The number of imide groups is 1. The summed E-state index contributed by atoms with van der Waals surface area (Å²) in [4.78, 5) is 41.3. The van der Waals surface area contributed by atoms with Gasteiger partial charge < -0.3 is 9.64 Å². The smallest absolute Gasteiger partial charge is 0.233 e. The van der Waals surface area contributed by atoms with Gasteiger partial charge in [0.2, 0.25) is 11.8 Å². The van der Waals surface area contributed by atoms with Crippen LogP contribution in [0.1, 0.15) is 12.0 Å². The first-order chi connectivity index (χ1) is 17.2. The predicted molar refractivity (Wildman–Crippen MR) is 130 cm³/mol. The molecule has 0 N–H and O–H groups in total. The van der Waals surface area contributed by atoms with Crippen molar-refractivity contribution in [1.29, 1.82) is 0 Å². The molecule has 2 aliphatic heterocycles. The van der Waals surface area contributed by atoms with E-state index in [9.17, 15) is 9.59 Å². The van der Waals surface area contributed by atoms with E-state index in [4.69, 9.17) is 4.74 Å². The molecule has 2 aromatic heterocycles. The lowest BCUT2D eigenvalue weighted by Crippen LogP contribution is -2.51. The molecule has 0 spiro atoms. The van der Waals surface area contributed by atoms with Crippen LogP contribution in [0.4, 0.5) is 5.82 Å². The lowest BCUT2D eigenvalue weighted by Gasteiger charge is -2.37. The zero-order chi connectivity index (χ0) is 23.8. The van der Waals surface area contributed by atoms with E-state index < -0.39 is 0 Å². The Hall–Kier alpha value is -3.10. The van der Waals surface area contributed by atoms with Crippen LogP contribution in [0.15, 0.2) is 61.1 Å². The lowest BCUT2D eigenvalue weighted by atomic mass is 9.85. The Labute approximate surface area is 205 Å². The number of pyridine rings is 2. The summed E-state index contributed by atoms with van der Waals surface area (Å²) in [6.45, 7) is 4.91. The molecule has 2 saturated heterocycles. The van der Waals surface area contributed by atoms with Crippen molar-refractivity contribution in [2.24, 2.45) is 23.7 Å². The highest BCUT2D eigenvalue weighted by molar-refractivity contribution is 6.06. The van der Waals surface area contributed by atoms with Crippen molar-refractivity contribution in [2.45, 2.75) is 19.1 Å². The van der Waals surface area contributed by atoms with Crippen LogP contribution in [0.2, 0.25) is 0 Å². The molecule has 8 nitrogen and oxygen atoms in total. The minimum absolute atomic E-state index is 0.00759. The number of amides is 2. The first-order valence-electron chi connectivity index (χ1n) is 12.6. The fourth-order valence-corrected chi connectivity index (χ4v) is 6.20. The van der Waals surface area contributed by atoms with Crippen LogP contribution in [0, 0.1) is 23.7 Å². The van der Waals surface area contributed by atoms with Gasteiger partial charge in [-0.25, -0.2) is 4.98 Å². The number of fused-ring (bicyclic) bond motifs is 5. The van der Waals surface area contributed by atoms with Crippen molar-refractivity contribution in [3.63, 3.8) is 0 Å². The first kappa shape index (κ1) is 22.4. The average Bonchev–Trinajstić information content (AvgIpc) is 3.59. The molecular formula is C27H31N5O3. The van der Waals surface area contributed by atoms with Gasteiger partial charge in [0.05, 0.1) is 31.1 Å². The van der Waals surface area contributed by atoms with Crippen molar-refractivity contribution in [3.05, 3.63) is 66.6 Å². The second-order valence-electron chi connectivity index (χ2n) is 10.1. The van der Waals surface area contributed by atoms with Crippen molar-refractivity contribution >= 4 is 17.6 Å². The molecule has 4 aliphatic rings. The van der Waals surface area contributed by atoms with Gasteiger partial charge in [0.1, 0.15) is 5.82 Å². The Morgan fingerprint density at radius 1 is 0.914 bits per heavy atom. The number of hydrogen-bond donors (Lipinski definition) is 0. The van der Waals surface area contributed by atoms with Gasteiger partial charge in [-0.1, -0.05) is 24.3 Å². The summed E-state index contributed by atoms with van der Waals surface area (Å²) in [5, 5.41) is 0. The molecule has 8 heteroatoms. The highest BCUT2D eigenvalue weighted by Gasteiger charge is 2.59. The molecule has 2 aromatic rings. The molecule has 35 heavy (non-hydrogen) atoms. The summed E-state index contributed by atoms with van der Waals surface area (Å²) in [6, 6.07) is 9.86. The number of likely N-dealkylation sites (tertiary alicyclic amines) is 1. The summed E-state index contributed by atoms with van der Waals surface area (Å²) >= 11 is 0. The summed E-state index contributed by atoms with van der Waals surface area (Å²) in [5.41, 5.74) is 0.982. The number of carbonyl (C=O) groups excluding carboxylic acids is 2. The molecule has 0 radical (unpaired) electrons. The van der Waals surface area contributed by atoms with Crippen LogP contribution in [0.25, 0.3) is 0 Å². The average molecular weight is 474 g/mol. The van der Waals surface area contributed by atoms with Crippen LogP contribution in [-0.4, -0.2) is 77.0 Å². The fourth-order valence-electron chi connectivity index (χ4n) is 6.20. The minimum atomic E-state index is -0.256. The summed E-state index contributed by atoms with van der Waals surface area (Å²) < 4.78 is 6.32. The quantitative estimate of drug-likeness (QED) is 0.429. The number of carbonyl (C=O) groups is 2. The number of allylic oxidation sites excluding steroid dienone is 2. The third-order valence-corrected chi connectivity index (χ3v) is 7.96. The summed E-state index contributed by atoms with van der Waals surface area (Å²) in [7, 11) is 0. The van der Waals surface area contributed by atoms with Gasteiger partial charge in [-0.15, -0.1) is 0 Å². The van der Waals surface area contributed by atoms with Gasteiger partial charge in [-0.2, -0.15) is 0 Å². The maximum Gasteiger partial charge on any atom is 0.233 e. The van der Waals surface area contributed by atoms with Gasteiger partial charge >= 0.3 is 0 Å². The Morgan fingerprint density at radius 3 is 2.34 bits per heavy atom. The number of nitrogens with zero attached hydrogens (tertiary/aromatic N) is 5. The van der Waals surface area contributed by atoms with E-state index in [0.29, 0.717) is 19.7 Å². The topological polar surface area (TPSA) is 78.9 Å². The summed E-state index contributed by atoms with van der Waals surface area (Å²) in [5.74, 6) is 1.09. The van der Waals surface area contributed by atoms with E-state index in [-0.39, 0.29) is 41.6 Å². The Balaban J connectivity index is 1.12. The number of anilines is 1. The van der Waals surface area contributed by atoms with Crippen molar-refractivity contribution < 1.29 is 14.3 Å². The van der Waals surface area contributed by atoms with Crippen molar-refractivity contribution in [1.82, 2.24) is 19.8 Å². The van der Waals surface area contributed by atoms with Crippen LogP contribution in [0.3, 0.4) is 0 Å². The van der Waals surface area contributed by atoms with Crippen LogP contribution >= 0.6 is 0 Å². The highest BCUT2D eigenvalue weighted by atomic mass is 16.5. The number of ether oxygens (including phenoxy) is 1. The predicted octanol–water partition coefficient (Wildman–Crippen LogP) is 1.99. The third-order valence-electron chi connectivity index (χ3n) is 7.96.